The van der Waals surface area contributed by atoms with Crippen molar-refractivity contribution in [3.8, 4) is 28.7 Å². The molecule has 1 fully saturated rings. The lowest BCUT2D eigenvalue weighted by atomic mass is 9.89. The maximum atomic E-state index is 11.1. The van der Waals surface area contributed by atoms with Crippen molar-refractivity contribution < 1.29 is 53.3 Å². The van der Waals surface area contributed by atoms with Gasteiger partial charge in [0.2, 0.25) is 13.1 Å². The summed E-state index contributed by atoms with van der Waals surface area (Å²) < 4.78 is 39.4. The molecular formula is C24H24O11. The fraction of sp³-hybridized carbons (Fsp3) is 0.458. The van der Waals surface area contributed by atoms with Crippen LogP contribution in [0.3, 0.4) is 0 Å². The molecule has 0 saturated carbocycles. The van der Waals surface area contributed by atoms with E-state index in [1.165, 1.54) is 6.92 Å². The largest absolute Gasteiger partial charge is 0.492 e. The Bertz CT molecular complexity index is 1150. The van der Waals surface area contributed by atoms with Gasteiger partial charge in [-0.2, -0.15) is 0 Å². The SMILES string of the molecule is CC(=O)OCC1O[C@@H](Oc2ccc3c(c2)OCC2c4cc5c(cc4OC32)OCO5)C(O)[C@@H](O)[C@@H]1O. The second-order valence-corrected chi connectivity index (χ2v) is 8.83. The number of rotatable bonds is 4. The topological polar surface area (TPSA) is 142 Å². The smallest absolute Gasteiger partial charge is 0.302 e. The van der Waals surface area contributed by atoms with E-state index < -0.39 is 36.7 Å². The lowest BCUT2D eigenvalue weighted by Crippen LogP contribution is -2.60. The summed E-state index contributed by atoms with van der Waals surface area (Å²) in [7, 11) is 0. The summed E-state index contributed by atoms with van der Waals surface area (Å²) in [5.74, 6) is 2.36. The molecule has 0 bridgehead atoms. The fourth-order valence-corrected chi connectivity index (χ4v) is 4.78. The Labute approximate surface area is 199 Å². The van der Waals surface area contributed by atoms with Gasteiger partial charge in [-0.15, -0.1) is 0 Å². The molecule has 186 valence electrons. The maximum absolute atomic E-state index is 11.1. The normalized spacial score (nSPS) is 31.9. The van der Waals surface area contributed by atoms with Crippen molar-refractivity contribution >= 4 is 5.97 Å². The van der Waals surface area contributed by atoms with Gasteiger partial charge in [-0.1, -0.05) is 0 Å². The fourth-order valence-electron chi connectivity index (χ4n) is 4.78. The Balaban J connectivity index is 1.19. The van der Waals surface area contributed by atoms with Gasteiger partial charge < -0.3 is 48.5 Å². The molecule has 6 rings (SSSR count). The molecule has 11 heteroatoms. The molecule has 11 nitrogen and oxygen atoms in total. The van der Waals surface area contributed by atoms with Crippen LogP contribution in [0.2, 0.25) is 0 Å². The molecule has 7 atom stereocenters. The molecule has 0 aliphatic carbocycles. The van der Waals surface area contributed by atoms with Crippen LogP contribution in [0.5, 0.6) is 28.7 Å². The Hall–Kier alpha value is -3.25. The first-order valence-corrected chi connectivity index (χ1v) is 11.3. The molecule has 0 aromatic heterocycles. The van der Waals surface area contributed by atoms with E-state index in [1.54, 1.807) is 12.1 Å². The third-order valence-corrected chi connectivity index (χ3v) is 6.61. The highest BCUT2D eigenvalue weighted by Gasteiger charge is 2.46. The number of hydrogen-bond acceptors (Lipinski definition) is 11. The third kappa shape index (κ3) is 3.80. The first-order chi connectivity index (χ1) is 16.9. The number of ether oxygens (including phenoxy) is 7. The van der Waals surface area contributed by atoms with Crippen molar-refractivity contribution in [1.29, 1.82) is 0 Å². The van der Waals surface area contributed by atoms with Crippen LogP contribution in [0.15, 0.2) is 30.3 Å². The van der Waals surface area contributed by atoms with Gasteiger partial charge in [-0.3, -0.25) is 4.79 Å². The number of esters is 1. The van der Waals surface area contributed by atoms with Gasteiger partial charge in [-0.25, -0.2) is 0 Å². The van der Waals surface area contributed by atoms with Crippen LogP contribution in [-0.2, 0) is 14.3 Å². The Morgan fingerprint density at radius 2 is 1.74 bits per heavy atom. The molecular weight excluding hydrogens is 464 g/mol. The zero-order chi connectivity index (χ0) is 24.3. The highest BCUT2D eigenvalue weighted by Crippen LogP contribution is 2.54. The number of benzene rings is 2. The summed E-state index contributed by atoms with van der Waals surface area (Å²) in [5, 5.41) is 30.7. The van der Waals surface area contributed by atoms with Crippen molar-refractivity contribution in [1.82, 2.24) is 0 Å². The molecule has 2 aromatic carbocycles. The number of hydrogen-bond donors (Lipinski definition) is 3. The molecule has 4 unspecified atom stereocenters. The number of aliphatic hydroxyl groups excluding tert-OH is 3. The Morgan fingerprint density at radius 3 is 2.54 bits per heavy atom. The van der Waals surface area contributed by atoms with E-state index in [2.05, 4.69) is 0 Å². The summed E-state index contributed by atoms with van der Waals surface area (Å²) >= 11 is 0. The molecule has 4 aliphatic heterocycles. The monoisotopic (exact) mass is 488 g/mol. The van der Waals surface area contributed by atoms with Gasteiger partial charge in [-0.05, 0) is 18.2 Å². The molecule has 4 aliphatic rings. The molecule has 2 aromatic rings. The van der Waals surface area contributed by atoms with Gasteiger partial charge in [0.1, 0.15) is 54.4 Å². The number of carbonyl (C=O) groups is 1. The van der Waals surface area contributed by atoms with Crippen LogP contribution in [0.1, 0.15) is 30.1 Å². The van der Waals surface area contributed by atoms with E-state index in [1.807, 2.05) is 18.2 Å². The van der Waals surface area contributed by atoms with Crippen molar-refractivity contribution in [2.24, 2.45) is 0 Å². The van der Waals surface area contributed by atoms with Crippen LogP contribution in [0.25, 0.3) is 0 Å². The van der Waals surface area contributed by atoms with Crippen LogP contribution >= 0.6 is 0 Å². The molecule has 0 amide bonds. The third-order valence-electron chi connectivity index (χ3n) is 6.61. The minimum Gasteiger partial charge on any atom is -0.492 e. The van der Waals surface area contributed by atoms with E-state index >= 15 is 0 Å². The molecule has 35 heavy (non-hydrogen) atoms. The van der Waals surface area contributed by atoms with Crippen LogP contribution < -0.4 is 23.7 Å². The molecule has 1 saturated heterocycles. The molecule has 0 spiro atoms. The maximum Gasteiger partial charge on any atom is 0.302 e. The van der Waals surface area contributed by atoms with Crippen molar-refractivity contribution in [3.63, 3.8) is 0 Å². The molecule has 4 heterocycles. The number of aliphatic hydroxyl groups is 3. The van der Waals surface area contributed by atoms with Crippen LogP contribution in [-0.4, -0.2) is 72.0 Å². The second kappa shape index (κ2) is 8.45. The summed E-state index contributed by atoms with van der Waals surface area (Å²) in [6.45, 7) is 1.49. The highest BCUT2D eigenvalue weighted by atomic mass is 16.7. The molecule has 3 N–H and O–H groups in total. The second-order valence-electron chi connectivity index (χ2n) is 8.83. The minimum atomic E-state index is -1.55. The summed E-state index contributed by atoms with van der Waals surface area (Å²) in [6, 6.07) is 8.91. The number of carbonyl (C=O) groups excluding carboxylic acids is 1. The van der Waals surface area contributed by atoms with Gasteiger partial charge in [0.15, 0.2) is 11.5 Å². The van der Waals surface area contributed by atoms with E-state index in [0.29, 0.717) is 29.6 Å². The Morgan fingerprint density at radius 1 is 0.943 bits per heavy atom. The Kier molecular flexibility index (Phi) is 5.37. The lowest BCUT2D eigenvalue weighted by molar-refractivity contribution is -0.278. The van der Waals surface area contributed by atoms with Gasteiger partial charge >= 0.3 is 5.97 Å². The van der Waals surface area contributed by atoms with E-state index in [-0.39, 0.29) is 25.4 Å². The van der Waals surface area contributed by atoms with Gasteiger partial charge in [0.05, 0.1) is 12.5 Å². The highest BCUT2D eigenvalue weighted by molar-refractivity contribution is 5.65. The summed E-state index contributed by atoms with van der Waals surface area (Å²) in [4.78, 5) is 11.1. The van der Waals surface area contributed by atoms with Crippen molar-refractivity contribution in [2.75, 3.05) is 20.0 Å². The van der Waals surface area contributed by atoms with Crippen LogP contribution in [0, 0.1) is 0 Å². The quantitative estimate of drug-likeness (QED) is 0.526. The van der Waals surface area contributed by atoms with E-state index in [4.69, 9.17) is 33.2 Å². The lowest BCUT2D eigenvalue weighted by Gasteiger charge is -2.40. The summed E-state index contributed by atoms with van der Waals surface area (Å²) in [5.41, 5.74) is 1.83. The van der Waals surface area contributed by atoms with E-state index in [0.717, 1.165) is 16.9 Å². The van der Waals surface area contributed by atoms with Gasteiger partial charge in [0, 0.05) is 30.2 Å². The first kappa shape index (κ1) is 22.2. The average molecular weight is 488 g/mol. The minimum absolute atomic E-state index is 0.0130. The zero-order valence-electron chi connectivity index (χ0n) is 18.7. The first-order valence-electron chi connectivity index (χ1n) is 11.3. The summed E-state index contributed by atoms with van der Waals surface area (Å²) in [6.07, 6.45) is -7.17. The molecule has 0 radical (unpaired) electrons. The van der Waals surface area contributed by atoms with Crippen molar-refractivity contribution in [3.05, 3.63) is 41.5 Å². The van der Waals surface area contributed by atoms with Crippen molar-refractivity contribution in [2.45, 2.75) is 49.7 Å². The average Bonchev–Trinajstić information content (AvgIpc) is 3.45. The van der Waals surface area contributed by atoms with E-state index in [9.17, 15) is 20.1 Å². The van der Waals surface area contributed by atoms with Crippen LogP contribution in [0.4, 0.5) is 0 Å². The zero-order valence-corrected chi connectivity index (χ0v) is 18.7. The number of fused-ring (bicyclic) bond motifs is 6. The standard InChI is InChI=1S/C24H24O11/c1-10(25)29-8-19-20(26)21(27)22(28)24(35-19)33-11-2-3-12-15(4-11)30-7-14-13-5-17-18(32-9-31-17)6-16(13)34-23(12)14/h2-6,14,19-24,26-28H,7-9H2,1H3/t14?,19?,20-,21+,22?,23?,24-/m1/s1. The van der Waals surface area contributed by atoms with Gasteiger partial charge in [0.25, 0.3) is 0 Å². The predicted molar refractivity (Wildman–Crippen MR) is 115 cm³/mol. The predicted octanol–water partition coefficient (Wildman–Crippen LogP) is 0.774.